The summed E-state index contributed by atoms with van der Waals surface area (Å²) in [4.78, 5) is 16.3. The highest BCUT2D eigenvalue weighted by Crippen LogP contribution is 2.39. The maximum atomic E-state index is 12.1. The molecule has 20 heavy (non-hydrogen) atoms. The predicted octanol–water partition coefficient (Wildman–Crippen LogP) is 2.64. The molecule has 0 atom stereocenters. The van der Waals surface area contributed by atoms with Gasteiger partial charge in [-0.1, -0.05) is 0 Å². The minimum atomic E-state index is -0.115. The molecule has 0 spiro atoms. The molecule has 0 fully saturated rings. The summed E-state index contributed by atoms with van der Waals surface area (Å²) in [6.07, 6.45) is 2.91. The number of rotatable bonds is 3. The van der Waals surface area contributed by atoms with E-state index in [1.807, 2.05) is 20.8 Å². The molecular weight excluding hydrogens is 256 g/mol. The lowest BCUT2D eigenvalue weighted by atomic mass is 9.90. The zero-order valence-corrected chi connectivity index (χ0v) is 12.3. The van der Waals surface area contributed by atoms with Crippen LogP contribution in [0.4, 0.5) is 0 Å². The molecule has 2 rings (SSSR count). The molecule has 1 aromatic carbocycles. The lowest BCUT2D eigenvalue weighted by Crippen LogP contribution is -2.21. The van der Waals surface area contributed by atoms with Gasteiger partial charge in [-0.2, -0.15) is 0 Å². The second kappa shape index (κ2) is 5.36. The summed E-state index contributed by atoms with van der Waals surface area (Å²) >= 11 is 0. The number of amides is 1. The summed E-state index contributed by atoms with van der Waals surface area (Å²) in [7, 11) is 3.24. The molecule has 0 bridgehead atoms. The molecule has 0 radical (unpaired) electrons. The first kappa shape index (κ1) is 14.1. The van der Waals surface area contributed by atoms with Crippen molar-refractivity contribution in [2.75, 3.05) is 14.2 Å². The molecule has 5 nitrogen and oxygen atoms in total. The molecule has 1 amide bonds. The van der Waals surface area contributed by atoms with Crippen molar-refractivity contribution in [2.45, 2.75) is 20.8 Å². The van der Waals surface area contributed by atoms with Gasteiger partial charge < -0.3 is 14.5 Å². The van der Waals surface area contributed by atoms with Gasteiger partial charge >= 0.3 is 0 Å². The minimum Gasteiger partial charge on any atom is -0.496 e. The smallest absolute Gasteiger partial charge is 0.251 e. The Morgan fingerprint density at radius 3 is 2.45 bits per heavy atom. The zero-order chi connectivity index (χ0) is 14.9. The Hall–Kier alpha value is -2.30. The van der Waals surface area contributed by atoms with Crippen molar-refractivity contribution >= 4 is 5.91 Å². The number of carbonyl (C=O) groups is 1. The molecule has 0 aliphatic heterocycles. The Kier molecular flexibility index (Phi) is 3.79. The quantitative estimate of drug-likeness (QED) is 0.934. The summed E-state index contributed by atoms with van der Waals surface area (Å²) in [5.74, 6) is 0.608. The van der Waals surface area contributed by atoms with Gasteiger partial charge in [0, 0.05) is 18.2 Å². The van der Waals surface area contributed by atoms with Gasteiger partial charge in [-0.3, -0.25) is 4.79 Å². The van der Waals surface area contributed by atoms with Crippen LogP contribution in [0.25, 0.3) is 11.3 Å². The van der Waals surface area contributed by atoms with Crippen molar-refractivity contribution in [1.82, 2.24) is 10.3 Å². The van der Waals surface area contributed by atoms with Crippen LogP contribution in [-0.2, 0) is 0 Å². The van der Waals surface area contributed by atoms with Crippen LogP contribution in [0.3, 0.4) is 0 Å². The Labute approximate surface area is 118 Å². The van der Waals surface area contributed by atoms with Gasteiger partial charge in [0.05, 0.1) is 7.11 Å². The zero-order valence-electron chi connectivity index (χ0n) is 12.3. The van der Waals surface area contributed by atoms with Gasteiger partial charge in [-0.05, 0) is 37.5 Å². The Bertz CT molecular complexity index is 646. The molecule has 0 aliphatic rings. The second-order valence-electron chi connectivity index (χ2n) is 4.61. The van der Waals surface area contributed by atoms with Crippen LogP contribution in [0, 0.1) is 20.8 Å². The average molecular weight is 274 g/mol. The van der Waals surface area contributed by atoms with E-state index in [1.165, 1.54) is 6.39 Å². The fraction of sp³-hybridized carbons (Fsp3) is 0.333. The molecule has 1 N–H and O–H groups in total. The van der Waals surface area contributed by atoms with Crippen LogP contribution in [0.5, 0.6) is 5.75 Å². The van der Waals surface area contributed by atoms with Gasteiger partial charge in [-0.15, -0.1) is 0 Å². The first-order valence-electron chi connectivity index (χ1n) is 6.31. The number of methoxy groups -OCH3 is 1. The van der Waals surface area contributed by atoms with E-state index in [4.69, 9.17) is 9.15 Å². The maximum Gasteiger partial charge on any atom is 0.251 e. The number of nitrogens with one attached hydrogen (secondary N) is 1. The summed E-state index contributed by atoms with van der Waals surface area (Å²) in [6, 6.07) is 0. The number of hydrogen-bond donors (Lipinski definition) is 1. The molecule has 106 valence electrons. The van der Waals surface area contributed by atoms with Crippen molar-refractivity contribution in [3.63, 3.8) is 0 Å². The van der Waals surface area contributed by atoms with E-state index in [1.54, 1.807) is 20.4 Å². The molecule has 1 heterocycles. The third-order valence-corrected chi connectivity index (χ3v) is 3.60. The van der Waals surface area contributed by atoms with Crippen molar-refractivity contribution in [3.8, 4) is 17.0 Å². The fourth-order valence-electron chi connectivity index (χ4n) is 2.49. The van der Waals surface area contributed by atoms with Gasteiger partial charge in [-0.25, -0.2) is 4.98 Å². The lowest BCUT2D eigenvalue weighted by Gasteiger charge is -2.19. The Morgan fingerprint density at radius 2 is 1.95 bits per heavy atom. The van der Waals surface area contributed by atoms with E-state index >= 15 is 0 Å². The van der Waals surface area contributed by atoms with E-state index in [-0.39, 0.29) is 5.91 Å². The van der Waals surface area contributed by atoms with Crippen LogP contribution in [0.2, 0.25) is 0 Å². The third kappa shape index (κ3) is 2.05. The van der Waals surface area contributed by atoms with E-state index < -0.39 is 0 Å². The standard InChI is InChI=1S/C15H18N2O3/c1-8-9(2)14(19-5)13(11-6-20-7-17-11)10(3)12(8)15(18)16-4/h6-7H,1-5H3,(H,16,18). The highest BCUT2D eigenvalue weighted by molar-refractivity contribution is 6.00. The number of hydrogen-bond acceptors (Lipinski definition) is 4. The Morgan fingerprint density at radius 1 is 1.25 bits per heavy atom. The van der Waals surface area contributed by atoms with E-state index in [9.17, 15) is 4.79 Å². The summed E-state index contributed by atoms with van der Waals surface area (Å²) < 4.78 is 10.6. The topological polar surface area (TPSA) is 64.4 Å². The second-order valence-corrected chi connectivity index (χ2v) is 4.61. The van der Waals surface area contributed by atoms with E-state index in [2.05, 4.69) is 10.3 Å². The maximum absolute atomic E-state index is 12.1. The highest BCUT2D eigenvalue weighted by Gasteiger charge is 2.23. The molecule has 1 aromatic heterocycles. The minimum absolute atomic E-state index is 0.115. The van der Waals surface area contributed by atoms with Crippen LogP contribution in [0.15, 0.2) is 17.1 Å². The van der Waals surface area contributed by atoms with Gasteiger partial charge in [0.2, 0.25) is 0 Å². The monoisotopic (exact) mass is 274 g/mol. The molecule has 5 heteroatoms. The van der Waals surface area contributed by atoms with E-state index in [0.29, 0.717) is 11.3 Å². The molecular formula is C15H18N2O3. The molecule has 2 aromatic rings. The largest absolute Gasteiger partial charge is 0.496 e. The first-order chi connectivity index (χ1) is 9.52. The number of nitrogens with zero attached hydrogens (tertiary/aromatic N) is 1. The van der Waals surface area contributed by atoms with Gasteiger partial charge in [0.1, 0.15) is 17.7 Å². The van der Waals surface area contributed by atoms with Crippen LogP contribution in [-0.4, -0.2) is 25.0 Å². The van der Waals surface area contributed by atoms with Crippen molar-refractivity contribution < 1.29 is 13.9 Å². The molecule has 0 aliphatic carbocycles. The van der Waals surface area contributed by atoms with Crippen molar-refractivity contribution in [1.29, 1.82) is 0 Å². The first-order valence-corrected chi connectivity index (χ1v) is 6.31. The molecule has 0 saturated carbocycles. The SMILES string of the molecule is CNC(=O)c1c(C)c(C)c(OC)c(-c2cocn2)c1C. The van der Waals surface area contributed by atoms with E-state index in [0.717, 1.165) is 28.0 Å². The summed E-state index contributed by atoms with van der Waals surface area (Å²) in [5.41, 5.74) is 4.78. The van der Waals surface area contributed by atoms with Crippen LogP contribution >= 0.6 is 0 Å². The predicted molar refractivity (Wildman–Crippen MR) is 76.1 cm³/mol. The van der Waals surface area contributed by atoms with Crippen molar-refractivity contribution in [3.05, 3.63) is 34.9 Å². The summed E-state index contributed by atoms with van der Waals surface area (Å²) in [5, 5.41) is 2.68. The van der Waals surface area contributed by atoms with Gasteiger partial charge in [0.15, 0.2) is 6.39 Å². The van der Waals surface area contributed by atoms with Crippen LogP contribution in [0.1, 0.15) is 27.0 Å². The number of aromatic nitrogens is 1. The van der Waals surface area contributed by atoms with Gasteiger partial charge in [0.25, 0.3) is 5.91 Å². The van der Waals surface area contributed by atoms with Crippen LogP contribution < -0.4 is 10.1 Å². The molecule has 0 saturated heterocycles. The number of carbonyl (C=O) groups excluding carboxylic acids is 1. The highest BCUT2D eigenvalue weighted by atomic mass is 16.5. The third-order valence-electron chi connectivity index (χ3n) is 3.60. The normalized spacial score (nSPS) is 10.4. The average Bonchev–Trinajstić information content (AvgIpc) is 2.96. The Balaban J connectivity index is 2.85. The number of oxazole rings is 1. The fourth-order valence-corrected chi connectivity index (χ4v) is 2.49. The van der Waals surface area contributed by atoms with Crippen molar-refractivity contribution in [2.24, 2.45) is 0 Å². The molecule has 0 unspecified atom stereocenters. The number of ether oxygens (including phenoxy) is 1. The lowest BCUT2D eigenvalue weighted by molar-refractivity contribution is 0.0962. The number of benzene rings is 1. The summed E-state index contributed by atoms with van der Waals surface area (Å²) in [6.45, 7) is 5.75.